The summed E-state index contributed by atoms with van der Waals surface area (Å²) in [5, 5.41) is 3.17. The average Bonchev–Trinajstić information content (AvgIpc) is 2.65. The molecule has 0 spiro atoms. The summed E-state index contributed by atoms with van der Waals surface area (Å²) >= 11 is 0. The van der Waals surface area contributed by atoms with Crippen molar-refractivity contribution in [2.75, 3.05) is 53.9 Å². The molecule has 0 radical (unpaired) electrons. The highest BCUT2D eigenvalue weighted by molar-refractivity contribution is 6.35. The number of rotatable bonds is 2. The second kappa shape index (κ2) is 7.08. The summed E-state index contributed by atoms with van der Waals surface area (Å²) in [4.78, 5) is 39.6. The molecule has 1 aliphatic heterocycles. The van der Waals surface area contributed by atoms with Gasteiger partial charge in [-0.2, -0.15) is 0 Å². The number of likely N-dealkylation sites (N-methyl/N-ethyl adjacent to an activating group) is 2. The fraction of sp³-hybridized carbons (Fsp3) is 0.750. The van der Waals surface area contributed by atoms with Crippen LogP contribution in [0, 0.1) is 0 Å². The molecule has 0 aromatic carbocycles. The van der Waals surface area contributed by atoms with E-state index in [-0.39, 0.29) is 12.5 Å². The van der Waals surface area contributed by atoms with Crippen molar-refractivity contribution in [3.05, 3.63) is 0 Å². The van der Waals surface area contributed by atoms with Gasteiger partial charge in [-0.25, -0.2) is 0 Å². The standard InChI is InChI=1S/C12H22N4O3/c1-14(2)10(17)9-15(3)11(18)12(19)16-7-4-5-13-6-8-16/h13H,4-9H2,1-3H3. The third kappa shape index (κ3) is 4.51. The number of carbonyl (C=O) groups excluding carboxylic acids is 3. The Morgan fingerprint density at radius 3 is 2.42 bits per heavy atom. The van der Waals surface area contributed by atoms with Gasteiger partial charge in [0.05, 0.1) is 6.54 Å². The lowest BCUT2D eigenvalue weighted by atomic mass is 10.3. The lowest BCUT2D eigenvalue weighted by Gasteiger charge is -2.23. The van der Waals surface area contributed by atoms with E-state index in [1.807, 2.05) is 0 Å². The monoisotopic (exact) mass is 270 g/mol. The van der Waals surface area contributed by atoms with E-state index in [0.29, 0.717) is 19.6 Å². The number of amides is 3. The van der Waals surface area contributed by atoms with Gasteiger partial charge < -0.3 is 20.0 Å². The molecule has 1 N–H and O–H groups in total. The van der Waals surface area contributed by atoms with Gasteiger partial charge >= 0.3 is 11.8 Å². The van der Waals surface area contributed by atoms with Crippen LogP contribution in [0.5, 0.6) is 0 Å². The second-order valence-electron chi connectivity index (χ2n) is 4.85. The lowest BCUT2D eigenvalue weighted by molar-refractivity contribution is -0.152. The molecule has 0 saturated carbocycles. The van der Waals surface area contributed by atoms with Crippen LogP contribution < -0.4 is 5.32 Å². The van der Waals surface area contributed by atoms with E-state index in [1.54, 1.807) is 19.0 Å². The first-order chi connectivity index (χ1) is 8.93. The summed E-state index contributed by atoms with van der Waals surface area (Å²) in [6.07, 6.45) is 0.833. The molecule has 1 heterocycles. The Kier molecular flexibility index (Phi) is 5.75. The minimum atomic E-state index is -0.628. The SMILES string of the molecule is CN(C)C(=O)CN(C)C(=O)C(=O)N1CCCNCC1. The number of carbonyl (C=O) groups is 3. The van der Waals surface area contributed by atoms with Gasteiger partial charge in [-0.15, -0.1) is 0 Å². The van der Waals surface area contributed by atoms with Crippen molar-refractivity contribution < 1.29 is 14.4 Å². The highest BCUT2D eigenvalue weighted by Gasteiger charge is 2.26. The molecule has 0 atom stereocenters. The van der Waals surface area contributed by atoms with Crippen LogP contribution in [0.15, 0.2) is 0 Å². The summed E-state index contributed by atoms with van der Waals surface area (Å²) in [6.45, 7) is 2.57. The molecule has 1 aliphatic rings. The molecule has 0 unspecified atom stereocenters. The van der Waals surface area contributed by atoms with Crippen molar-refractivity contribution in [1.29, 1.82) is 0 Å². The fourth-order valence-corrected chi connectivity index (χ4v) is 1.76. The fourth-order valence-electron chi connectivity index (χ4n) is 1.76. The van der Waals surface area contributed by atoms with Gasteiger partial charge in [0.15, 0.2) is 0 Å². The Labute approximate surface area is 113 Å². The number of hydrogen-bond acceptors (Lipinski definition) is 4. The number of nitrogens with one attached hydrogen (secondary N) is 1. The van der Waals surface area contributed by atoms with Crippen molar-refractivity contribution in [1.82, 2.24) is 20.0 Å². The molecule has 0 bridgehead atoms. The summed E-state index contributed by atoms with van der Waals surface area (Å²) in [6, 6.07) is 0. The molecule has 19 heavy (non-hydrogen) atoms. The predicted octanol–water partition coefficient (Wildman–Crippen LogP) is -1.65. The van der Waals surface area contributed by atoms with Gasteiger partial charge in [0.25, 0.3) is 0 Å². The third-order valence-electron chi connectivity index (χ3n) is 3.03. The quantitative estimate of drug-likeness (QED) is 0.611. The van der Waals surface area contributed by atoms with Crippen LogP contribution in [0.25, 0.3) is 0 Å². The molecular formula is C12H22N4O3. The molecule has 108 valence electrons. The van der Waals surface area contributed by atoms with Gasteiger partial charge in [-0.1, -0.05) is 0 Å². The zero-order chi connectivity index (χ0) is 14.4. The first-order valence-electron chi connectivity index (χ1n) is 6.38. The maximum atomic E-state index is 12.0. The molecule has 1 rings (SSSR count). The van der Waals surface area contributed by atoms with Gasteiger partial charge in [0, 0.05) is 40.8 Å². The van der Waals surface area contributed by atoms with Crippen LogP contribution in [0.1, 0.15) is 6.42 Å². The van der Waals surface area contributed by atoms with Gasteiger partial charge in [-0.3, -0.25) is 14.4 Å². The summed E-state index contributed by atoms with van der Waals surface area (Å²) in [5.41, 5.74) is 0. The highest BCUT2D eigenvalue weighted by atomic mass is 16.2. The average molecular weight is 270 g/mol. The Hall–Kier alpha value is -1.63. The van der Waals surface area contributed by atoms with E-state index in [2.05, 4.69) is 5.32 Å². The Bertz CT molecular complexity index is 349. The molecule has 7 nitrogen and oxygen atoms in total. The van der Waals surface area contributed by atoms with E-state index in [4.69, 9.17) is 0 Å². The first kappa shape index (κ1) is 15.4. The Morgan fingerprint density at radius 1 is 1.11 bits per heavy atom. The maximum absolute atomic E-state index is 12.0. The van der Waals surface area contributed by atoms with Crippen LogP contribution in [0.2, 0.25) is 0 Å². The van der Waals surface area contributed by atoms with Gasteiger partial charge in [-0.05, 0) is 13.0 Å². The summed E-state index contributed by atoms with van der Waals surface area (Å²) < 4.78 is 0. The molecule has 0 aromatic rings. The molecule has 0 aliphatic carbocycles. The van der Waals surface area contributed by atoms with Crippen LogP contribution >= 0.6 is 0 Å². The maximum Gasteiger partial charge on any atom is 0.312 e. The Balaban J connectivity index is 2.55. The molecule has 7 heteroatoms. The predicted molar refractivity (Wildman–Crippen MR) is 70.4 cm³/mol. The zero-order valence-electron chi connectivity index (χ0n) is 11.8. The molecule has 3 amide bonds. The number of hydrogen-bond donors (Lipinski definition) is 1. The van der Waals surface area contributed by atoms with E-state index < -0.39 is 11.8 Å². The minimum Gasteiger partial charge on any atom is -0.347 e. The first-order valence-corrected chi connectivity index (χ1v) is 6.38. The van der Waals surface area contributed by atoms with Crippen molar-refractivity contribution in [3.8, 4) is 0 Å². The third-order valence-corrected chi connectivity index (χ3v) is 3.03. The van der Waals surface area contributed by atoms with Crippen molar-refractivity contribution in [2.45, 2.75) is 6.42 Å². The van der Waals surface area contributed by atoms with Crippen molar-refractivity contribution in [2.24, 2.45) is 0 Å². The lowest BCUT2D eigenvalue weighted by Crippen LogP contribution is -2.47. The van der Waals surface area contributed by atoms with Crippen LogP contribution in [0.4, 0.5) is 0 Å². The minimum absolute atomic E-state index is 0.0797. The van der Waals surface area contributed by atoms with Gasteiger partial charge in [0.1, 0.15) is 0 Å². The van der Waals surface area contributed by atoms with E-state index in [1.165, 1.54) is 16.8 Å². The van der Waals surface area contributed by atoms with Gasteiger partial charge in [0.2, 0.25) is 5.91 Å². The van der Waals surface area contributed by atoms with E-state index >= 15 is 0 Å². The van der Waals surface area contributed by atoms with Crippen molar-refractivity contribution >= 4 is 17.7 Å². The normalized spacial score (nSPS) is 15.6. The Morgan fingerprint density at radius 2 is 1.79 bits per heavy atom. The summed E-state index contributed by atoms with van der Waals surface area (Å²) in [5.74, 6) is -1.36. The molecule has 1 saturated heterocycles. The number of nitrogens with zero attached hydrogens (tertiary/aromatic N) is 3. The summed E-state index contributed by atoms with van der Waals surface area (Å²) in [7, 11) is 4.70. The van der Waals surface area contributed by atoms with E-state index in [0.717, 1.165) is 13.0 Å². The second-order valence-corrected chi connectivity index (χ2v) is 4.85. The molecular weight excluding hydrogens is 248 g/mol. The molecule has 0 aromatic heterocycles. The van der Waals surface area contributed by atoms with Crippen molar-refractivity contribution in [3.63, 3.8) is 0 Å². The van der Waals surface area contributed by atoms with Crippen LogP contribution in [-0.4, -0.2) is 86.3 Å². The zero-order valence-corrected chi connectivity index (χ0v) is 11.8. The largest absolute Gasteiger partial charge is 0.347 e. The highest BCUT2D eigenvalue weighted by Crippen LogP contribution is 1.99. The van der Waals surface area contributed by atoms with Crippen LogP contribution in [-0.2, 0) is 14.4 Å². The smallest absolute Gasteiger partial charge is 0.312 e. The topological polar surface area (TPSA) is 73.0 Å². The molecule has 1 fully saturated rings. The van der Waals surface area contributed by atoms with Crippen LogP contribution in [0.3, 0.4) is 0 Å². The van der Waals surface area contributed by atoms with E-state index in [9.17, 15) is 14.4 Å².